The summed E-state index contributed by atoms with van der Waals surface area (Å²) in [5, 5.41) is 4.14. The minimum absolute atomic E-state index is 0. The first-order chi connectivity index (χ1) is 22.2. The molecule has 3 aromatic rings. The molecule has 4 heterocycles. The molecule has 0 atom stereocenters. The topological polar surface area (TPSA) is 69.5 Å². The number of alkyl halides is 2. The summed E-state index contributed by atoms with van der Waals surface area (Å²) in [5.41, 5.74) is 1.99. The highest BCUT2D eigenvalue weighted by molar-refractivity contribution is 5.89. The van der Waals surface area contributed by atoms with Gasteiger partial charge in [0.15, 0.2) is 0 Å². The van der Waals surface area contributed by atoms with Crippen molar-refractivity contribution >= 4 is 22.5 Å². The summed E-state index contributed by atoms with van der Waals surface area (Å²) in [7, 11) is 0. The maximum atomic E-state index is 15.7. The maximum Gasteiger partial charge on any atom is 0.276 e. The number of pyridine rings is 1. The Morgan fingerprint density at radius 1 is 1.04 bits per heavy atom. The highest BCUT2D eigenvalue weighted by Gasteiger charge is 2.42. The number of benzene rings is 1. The van der Waals surface area contributed by atoms with Gasteiger partial charge < -0.3 is 10.2 Å². The van der Waals surface area contributed by atoms with E-state index in [4.69, 9.17) is 0 Å². The van der Waals surface area contributed by atoms with E-state index in [1.807, 2.05) is 24.3 Å². The van der Waals surface area contributed by atoms with Crippen LogP contribution < -0.4 is 15.8 Å². The molecule has 1 aromatic carbocycles. The van der Waals surface area contributed by atoms with Gasteiger partial charge >= 0.3 is 0 Å². The van der Waals surface area contributed by atoms with Crippen molar-refractivity contribution in [3.63, 3.8) is 0 Å². The molecule has 2 aliphatic heterocycles. The van der Waals surface area contributed by atoms with Crippen LogP contribution in [0, 0.1) is 5.92 Å². The lowest BCUT2D eigenvalue weighted by Gasteiger charge is -2.38. The number of anilines is 2. The minimum atomic E-state index is -2.91. The van der Waals surface area contributed by atoms with Crippen molar-refractivity contribution in [1.29, 1.82) is 0 Å². The summed E-state index contributed by atoms with van der Waals surface area (Å²) in [6.45, 7) is 18.2. The zero-order valence-electron chi connectivity index (χ0n) is 27.4. The lowest BCUT2D eigenvalue weighted by molar-refractivity contribution is -0.0847. The van der Waals surface area contributed by atoms with Crippen LogP contribution in [0.4, 0.5) is 20.3 Å². The van der Waals surface area contributed by atoms with Crippen LogP contribution in [0.15, 0.2) is 66.8 Å². The van der Waals surface area contributed by atoms with Gasteiger partial charge in [-0.05, 0) is 76.7 Å². The largest absolute Gasteiger partial charge is 0.365 e. The van der Waals surface area contributed by atoms with Crippen molar-refractivity contribution in [3.05, 3.63) is 83.4 Å². The molecule has 2 aromatic heterocycles. The molecule has 0 aliphatic carbocycles. The molecular weight excluding hydrogens is 584 g/mol. The molecule has 5 rings (SSSR count). The number of halogens is 2. The fourth-order valence-corrected chi connectivity index (χ4v) is 6.75. The number of piperazine rings is 1. The Bertz CT molecular complexity index is 1550. The molecule has 1 N–H and O–H groups in total. The van der Waals surface area contributed by atoms with Crippen LogP contribution in [-0.2, 0) is 19.0 Å². The molecular formula is C36H51F2N7O. The number of aryl methyl sites for hydroxylation is 1. The lowest BCUT2D eigenvalue weighted by Crippen LogP contribution is -2.50. The van der Waals surface area contributed by atoms with Crippen LogP contribution in [0.1, 0.15) is 58.5 Å². The molecule has 46 heavy (non-hydrogen) atoms. The van der Waals surface area contributed by atoms with Gasteiger partial charge in [-0.25, -0.2) is 18.7 Å². The van der Waals surface area contributed by atoms with Gasteiger partial charge in [-0.15, -0.1) is 13.2 Å². The molecule has 0 radical (unpaired) electrons. The molecule has 2 aliphatic rings. The molecule has 250 valence electrons. The number of nitrogens with zero attached hydrogens (tertiary/aromatic N) is 6. The fraction of sp³-hybridized carbons (Fsp3) is 0.528. The van der Waals surface area contributed by atoms with E-state index >= 15 is 8.78 Å². The second-order valence-electron chi connectivity index (χ2n) is 12.9. The molecule has 0 spiro atoms. The third-order valence-electron chi connectivity index (χ3n) is 9.55. The van der Waals surface area contributed by atoms with Crippen molar-refractivity contribution in [3.8, 4) is 0 Å². The Morgan fingerprint density at radius 2 is 1.80 bits per heavy atom. The zero-order valence-corrected chi connectivity index (χ0v) is 27.4. The monoisotopic (exact) mass is 635 g/mol. The average molecular weight is 636 g/mol. The van der Waals surface area contributed by atoms with Gasteiger partial charge in [-0.3, -0.25) is 19.2 Å². The van der Waals surface area contributed by atoms with Crippen LogP contribution in [0.2, 0.25) is 0 Å². The summed E-state index contributed by atoms with van der Waals surface area (Å²) in [6.07, 6.45) is 8.75. The van der Waals surface area contributed by atoms with E-state index in [9.17, 15) is 4.79 Å². The zero-order chi connectivity index (χ0) is 32.7. The number of fused-ring (bicyclic) bond motifs is 1. The fourth-order valence-electron chi connectivity index (χ4n) is 6.75. The van der Waals surface area contributed by atoms with Crippen molar-refractivity contribution in [2.75, 3.05) is 56.0 Å². The normalized spacial score (nSPS) is 17.1. The van der Waals surface area contributed by atoms with Crippen LogP contribution in [-0.4, -0.2) is 76.2 Å². The number of allylic oxidation sites excluding steroid dienone is 1. The lowest BCUT2D eigenvalue weighted by atomic mass is 9.86. The first-order valence-corrected chi connectivity index (χ1v) is 16.8. The van der Waals surface area contributed by atoms with Crippen molar-refractivity contribution < 1.29 is 10.2 Å². The van der Waals surface area contributed by atoms with Crippen molar-refractivity contribution in [1.82, 2.24) is 24.3 Å². The van der Waals surface area contributed by atoms with Crippen LogP contribution >= 0.6 is 0 Å². The molecule has 0 bridgehead atoms. The second-order valence-corrected chi connectivity index (χ2v) is 12.9. The van der Waals surface area contributed by atoms with Gasteiger partial charge in [0.05, 0.1) is 5.39 Å². The van der Waals surface area contributed by atoms with Gasteiger partial charge in [-0.2, -0.15) is 0 Å². The molecule has 0 amide bonds. The summed E-state index contributed by atoms with van der Waals surface area (Å²) < 4.78 is 33.2. The van der Waals surface area contributed by atoms with Crippen molar-refractivity contribution in [2.45, 2.75) is 71.0 Å². The van der Waals surface area contributed by atoms with Crippen molar-refractivity contribution in [2.24, 2.45) is 5.92 Å². The number of aromatic nitrogens is 3. The predicted octanol–water partition coefficient (Wildman–Crippen LogP) is 6.53. The standard InChI is InChI=1S/C36H49F2N7O.H2/c1-5-7-8-9-16-45-34-31(24-32(35(45)46)44-21-19-43(20-22-44)27(3)4)33(40-26-41-34)39-25-28-11-10-12-30(23-28)36(37,38)29-13-17-42(15-6-2)18-14-29;/h5-6,10-12,23-24,26-27,29H,1-2,7-9,13-22,25H2,3-4H3,(H,39,40,41);1H. The number of nitrogens with one attached hydrogen (secondary N) is 1. The van der Waals surface area contributed by atoms with Gasteiger partial charge in [0.25, 0.3) is 11.5 Å². The van der Waals surface area contributed by atoms with E-state index in [-0.39, 0.29) is 12.5 Å². The maximum absolute atomic E-state index is 15.7. The molecule has 10 heteroatoms. The second kappa shape index (κ2) is 15.3. The molecule has 0 unspecified atom stereocenters. The Kier molecular flexibility index (Phi) is 11.2. The highest BCUT2D eigenvalue weighted by Crippen LogP contribution is 2.41. The number of piperidine rings is 1. The van der Waals surface area contributed by atoms with E-state index in [2.05, 4.69) is 57.0 Å². The summed E-state index contributed by atoms with van der Waals surface area (Å²) in [6, 6.07) is 9.09. The quantitative estimate of drug-likeness (QED) is 0.160. The summed E-state index contributed by atoms with van der Waals surface area (Å²) in [4.78, 5) is 29.8. The Morgan fingerprint density at radius 3 is 2.50 bits per heavy atom. The third-order valence-corrected chi connectivity index (χ3v) is 9.55. The van der Waals surface area contributed by atoms with Crippen LogP contribution in [0.5, 0.6) is 0 Å². The van der Waals surface area contributed by atoms with Gasteiger partial charge in [-0.1, -0.05) is 30.4 Å². The van der Waals surface area contributed by atoms with E-state index in [1.165, 1.54) is 12.4 Å². The Labute approximate surface area is 273 Å². The molecule has 2 fully saturated rings. The number of unbranched alkanes of at least 4 members (excludes halogenated alkanes) is 2. The Hall–Kier alpha value is -3.63. The number of hydrogen-bond donors (Lipinski definition) is 1. The molecule has 2 saturated heterocycles. The van der Waals surface area contributed by atoms with Gasteiger partial charge in [0.1, 0.15) is 23.5 Å². The van der Waals surface area contributed by atoms with Gasteiger partial charge in [0.2, 0.25) is 0 Å². The third kappa shape index (κ3) is 7.66. The summed E-state index contributed by atoms with van der Waals surface area (Å²) >= 11 is 0. The number of likely N-dealkylation sites (tertiary alicyclic amines) is 1. The molecule has 0 saturated carbocycles. The first-order valence-electron chi connectivity index (χ1n) is 16.8. The average Bonchev–Trinajstić information content (AvgIpc) is 3.07. The minimum Gasteiger partial charge on any atom is -0.365 e. The van der Waals surface area contributed by atoms with Gasteiger partial charge in [0, 0.05) is 64.8 Å². The van der Waals surface area contributed by atoms with Crippen LogP contribution in [0.25, 0.3) is 11.0 Å². The molecule has 8 nitrogen and oxygen atoms in total. The van der Waals surface area contributed by atoms with E-state index in [0.29, 0.717) is 62.2 Å². The highest BCUT2D eigenvalue weighted by atomic mass is 19.3. The predicted molar refractivity (Wildman–Crippen MR) is 186 cm³/mol. The summed E-state index contributed by atoms with van der Waals surface area (Å²) in [5.74, 6) is -3.01. The number of rotatable bonds is 14. The Balaban J connectivity index is 0.00000500. The van der Waals surface area contributed by atoms with E-state index in [0.717, 1.165) is 62.9 Å². The number of hydrogen-bond acceptors (Lipinski definition) is 7. The van der Waals surface area contributed by atoms with E-state index < -0.39 is 11.8 Å². The first kappa shape index (κ1) is 33.7. The van der Waals surface area contributed by atoms with Crippen LogP contribution in [0.3, 0.4) is 0 Å². The smallest absolute Gasteiger partial charge is 0.276 e. The SMILES string of the molecule is C=CCCCCn1c(=O)c(N2CCN(C(C)C)CC2)cc2c(NCc3cccc(C(F)(F)C4CCN(CC=C)CC4)c3)ncnc21.[HH]. The van der Waals surface area contributed by atoms with E-state index in [1.54, 1.807) is 16.7 Å².